The summed E-state index contributed by atoms with van der Waals surface area (Å²) in [5.41, 5.74) is 4.78. The van der Waals surface area contributed by atoms with E-state index in [0.717, 1.165) is 34.0 Å². The van der Waals surface area contributed by atoms with Gasteiger partial charge in [-0.2, -0.15) is 0 Å². The number of hydrogen-bond donors (Lipinski definition) is 3. The number of halogens is 1. The number of hydrogen-bond acceptors (Lipinski definition) is 5. The molecule has 0 fully saturated rings. The van der Waals surface area contributed by atoms with Crippen molar-refractivity contribution in [2.75, 3.05) is 12.6 Å². The topological polar surface area (TPSA) is 108 Å². The molecule has 0 radical (unpaired) electrons. The van der Waals surface area contributed by atoms with E-state index in [2.05, 4.69) is 15.0 Å². The van der Waals surface area contributed by atoms with Crippen LogP contribution in [0.5, 0.6) is 5.88 Å². The second-order valence-corrected chi connectivity index (χ2v) is 9.94. The quantitative estimate of drug-likeness (QED) is 0.268. The van der Waals surface area contributed by atoms with Gasteiger partial charge in [-0.3, -0.25) is 4.57 Å². The third-order valence-electron chi connectivity index (χ3n) is 4.39. The number of nitrogens with one attached hydrogen (secondary N) is 1. The molecule has 2 heterocycles. The van der Waals surface area contributed by atoms with E-state index in [1.54, 1.807) is 19.4 Å². The van der Waals surface area contributed by atoms with E-state index in [1.165, 1.54) is 0 Å². The lowest BCUT2D eigenvalue weighted by atomic mass is 10.0. The smallest absolute Gasteiger partial charge is 0.335 e. The monoisotopic (exact) mass is 461 g/mol. The number of ether oxygens (including phenoxy) is 1. The maximum Gasteiger partial charge on any atom is 0.335 e. The van der Waals surface area contributed by atoms with Gasteiger partial charge in [0.15, 0.2) is 5.16 Å². The Bertz CT molecular complexity index is 1240. The highest BCUT2D eigenvalue weighted by molar-refractivity contribution is 8.04. The maximum absolute atomic E-state index is 11.1. The van der Waals surface area contributed by atoms with Gasteiger partial charge in [0, 0.05) is 23.4 Å². The first-order valence-electron chi connectivity index (χ1n) is 8.80. The molecule has 0 saturated heterocycles. The van der Waals surface area contributed by atoms with Gasteiger partial charge in [0.05, 0.1) is 23.2 Å². The van der Waals surface area contributed by atoms with E-state index in [-0.39, 0.29) is 5.49 Å². The average Bonchev–Trinajstić information content (AvgIpc) is 3.13. The Morgan fingerprint density at radius 2 is 1.80 bits per heavy atom. The van der Waals surface area contributed by atoms with Crippen LogP contribution in [0, 0.1) is 0 Å². The summed E-state index contributed by atoms with van der Waals surface area (Å²) in [6.45, 7) is 0. The van der Waals surface area contributed by atoms with E-state index in [0.29, 0.717) is 27.1 Å². The Hall–Kier alpha value is -2.35. The van der Waals surface area contributed by atoms with Gasteiger partial charge < -0.3 is 19.5 Å². The number of pyridine rings is 1. The molecule has 0 saturated carbocycles. The number of fused-ring (bicyclic) bond motifs is 1. The van der Waals surface area contributed by atoms with E-state index < -0.39 is 7.60 Å². The fourth-order valence-corrected chi connectivity index (χ4v) is 4.74. The van der Waals surface area contributed by atoms with E-state index in [1.807, 2.05) is 42.5 Å². The van der Waals surface area contributed by atoms with Crippen LogP contribution in [0.2, 0.25) is 5.02 Å². The molecular formula is C20H17ClN3O4PS. The number of methoxy groups -OCH3 is 1. The number of thioether (sulfide) groups is 1. The van der Waals surface area contributed by atoms with E-state index in [9.17, 15) is 4.57 Å². The molecule has 0 amide bonds. The summed E-state index contributed by atoms with van der Waals surface area (Å²) in [6, 6.07) is 15.3. The molecule has 2 aromatic heterocycles. The van der Waals surface area contributed by atoms with Gasteiger partial charge >= 0.3 is 7.60 Å². The van der Waals surface area contributed by atoms with Crippen molar-refractivity contribution in [3.63, 3.8) is 0 Å². The SMILES string of the molecule is COc1ccc(-c2ccc(-c3cc4nc(SCP(=O)(O)O)[nH]c4cc3Cl)cc2)cn1. The number of rotatable bonds is 6. The summed E-state index contributed by atoms with van der Waals surface area (Å²) in [5.74, 6) is 0.563. The standard InChI is InChI=1S/C20H17ClN3O4PS/c1-28-19-7-6-14(10-22-19)12-2-4-13(5-3-12)15-8-17-18(9-16(15)21)24-20(23-17)30-11-29(25,26)27/h2-10H,11H2,1H3,(H,23,24)(H2,25,26,27). The van der Waals surface area contributed by atoms with Crippen LogP contribution in [0.15, 0.2) is 59.9 Å². The van der Waals surface area contributed by atoms with Crippen LogP contribution in [0.3, 0.4) is 0 Å². The minimum absolute atomic E-state index is 0.338. The summed E-state index contributed by atoms with van der Waals surface area (Å²) in [5, 5.41) is 0.987. The van der Waals surface area contributed by atoms with E-state index in [4.69, 9.17) is 26.1 Å². The molecule has 2 aromatic carbocycles. The van der Waals surface area contributed by atoms with Crippen molar-refractivity contribution in [1.82, 2.24) is 15.0 Å². The first kappa shape index (κ1) is 20.9. The zero-order valence-corrected chi connectivity index (χ0v) is 18.2. The third-order valence-corrected chi connectivity index (χ3v) is 7.03. The van der Waals surface area contributed by atoms with Crippen LogP contribution in [0.1, 0.15) is 0 Å². The number of H-pyrrole nitrogens is 1. The molecule has 0 unspecified atom stereocenters. The van der Waals surface area contributed by atoms with Crippen molar-refractivity contribution >= 4 is 42.0 Å². The first-order chi connectivity index (χ1) is 14.3. The van der Waals surface area contributed by atoms with E-state index >= 15 is 0 Å². The van der Waals surface area contributed by atoms with Crippen molar-refractivity contribution < 1.29 is 19.1 Å². The molecule has 0 spiro atoms. The highest BCUT2D eigenvalue weighted by Gasteiger charge is 2.16. The van der Waals surface area contributed by atoms with Crippen LogP contribution in [0.25, 0.3) is 33.3 Å². The van der Waals surface area contributed by atoms with Crippen LogP contribution in [-0.4, -0.2) is 37.3 Å². The Morgan fingerprint density at radius 1 is 1.10 bits per heavy atom. The molecule has 30 heavy (non-hydrogen) atoms. The minimum Gasteiger partial charge on any atom is -0.481 e. The zero-order valence-electron chi connectivity index (χ0n) is 15.7. The van der Waals surface area contributed by atoms with Crippen LogP contribution < -0.4 is 4.74 Å². The molecule has 10 heteroatoms. The van der Waals surface area contributed by atoms with Crippen molar-refractivity contribution in [2.24, 2.45) is 0 Å². The minimum atomic E-state index is -4.11. The van der Waals surface area contributed by atoms with Crippen molar-refractivity contribution in [2.45, 2.75) is 5.16 Å². The van der Waals surface area contributed by atoms with Crippen LogP contribution >= 0.6 is 31.0 Å². The molecule has 0 bridgehead atoms. The lowest BCUT2D eigenvalue weighted by Crippen LogP contribution is -1.87. The Kier molecular flexibility index (Phi) is 5.86. The van der Waals surface area contributed by atoms with Crippen molar-refractivity contribution in [3.05, 3.63) is 59.8 Å². The number of aromatic amines is 1. The van der Waals surface area contributed by atoms with Gasteiger partial charge in [0.25, 0.3) is 0 Å². The largest absolute Gasteiger partial charge is 0.481 e. The normalized spacial score (nSPS) is 11.7. The average molecular weight is 462 g/mol. The second kappa shape index (κ2) is 8.41. The number of benzene rings is 2. The lowest BCUT2D eigenvalue weighted by molar-refractivity contribution is 0.379. The predicted molar refractivity (Wildman–Crippen MR) is 119 cm³/mol. The lowest BCUT2D eigenvalue weighted by Gasteiger charge is -2.07. The predicted octanol–water partition coefficient (Wildman–Crippen LogP) is 5.18. The zero-order chi connectivity index (χ0) is 21.3. The molecule has 7 nitrogen and oxygen atoms in total. The summed E-state index contributed by atoms with van der Waals surface area (Å²) in [7, 11) is -2.53. The van der Waals surface area contributed by atoms with Gasteiger partial charge in [0.1, 0.15) is 5.49 Å². The molecule has 4 rings (SSSR count). The molecule has 4 aromatic rings. The molecular weight excluding hydrogens is 445 g/mol. The van der Waals surface area contributed by atoms with Crippen LogP contribution in [-0.2, 0) is 4.57 Å². The van der Waals surface area contributed by atoms with Gasteiger partial charge in [0.2, 0.25) is 5.88 Å². The summed E-state index contributed by atoms with van der Waals surface area (Å²) >= 11 is 7.46. The van der Waals surface area contributed by atoms with Crippen LogP contribution in [0.4, 0.5) is 0 Å². The van der Waals surface area contributed by atoms with Gasteiger partial charge in [-0.15, -0.1) is 0 Å². The molecule has 0 aliphatic rings. The number of nitrogens with zero attached hydrogens (tertiary/aromatic N) is 2. The second-order valence-electron chi connectivity index (χ2n) is 6.50. The highest BCUT2D eigenvalue weighted by atomic mass is 35.5. The Morgan fingerprint density at radius 3 is 2.43 bits per heavy atom. The molecule has 3 N–H and O–H groups in total. The fraction of sp³-hybridized carbons (Fsp3) is 0.100. The molecule has 154 valence electrons. The van der Waals surface area contributed by atoms with Crippen molar-refractivity contribution in [3.8, 4) is 28.1 Å². The highest BCUT2D eigenvalue weighted by Crippen LogP contribution is 2.41. The van der Waals surface area contributed by atoms with Crippen molar-refractivity contribution in [1.29, 1.82) is 0 Å². The molecule has 0 atom stereocenters. The summed E-state index contributed by atoms with van der Waals surface area (Å²) < 4.78 is 16.2. The fourth-order valence-electron chi connectivity index (χ4n) is 2.96. The summed E-state index contributed by atoms with van der Waals surface area (Å²) in [4.78, 5) is 29.8. The molecule has 0 aliphatic heterocycles. The van der Waals surface area contributed by atoms with Gasteiger partial charge in [-0.25, -0.2) is 9.97 Å². The first-order valence-corrected chi connectivity index (χ1v) is 12.0. The summed E-state index contributed by atoms with van der Waals surface area (Å²) in [6.07, 6.45) is 1.76. The maximum atomic E-state index is 11.1. The number of imidazole rings is 1. The third kappa shape index (κ3) is 4.69. The molecule has 0 aliphatic carbocycles. The van der Waals surface area contributed by atoms with Gasteiger partial charge in [-0.05, 0) is 29.3 Å². The Balaban J connectivity index is 1.61. The van der Waals surface area contributed by atoms with Gasteiger partial charge in [-0.1, -0.05) is 47.6 Å². The Labute approximate surface area is 181 Å². The number of aromatic nitrogens is 3.